The van der Waals surface area contributed by atoms with Crippen LogP contribution in [0.1, 0.15) is 50.2 Å². The van der Waals surface area contributed by atoms with Crippen LogP contribution >= 0.6 is 11.6 Å². The van der Waals surface area contributed by atoms with Gasteiger partial charge in [0.15, 0.2) is 0 Å². The summed E-state index contributed by atoms with van der Waals surface area (Å²) in [5.41, 5.74) is 2.07. The van der Waals surface area contributed by atoms with Crippen LogP contribution in [0.5, 0.6) is 5.75 Å². The van der Waals surface area contributed by atoms with E-state index in [0.29, 0.717) is 22.9 Å². The third-order valence-electron chi connectivity index (χ3n) is 7.60. The molecule has 3 aromatic carbocycles. The van der Waals surface area contributed by atoms with Crippen LogP contribution < -0.4 is 14.4 Å². The minimum Gasteiger partial charge on any atom is -0.497 e. The molecule has 42 heavy (non-hydrogen) atoms. The molecule has 10 heteroatoms. The molecule has 0 spiro atoms. The first-order valence-electron chi connectivity index (χ1n) is 14.2. The summed E-state index contributed by atoms with van der Waals surface area (Å²) < 4.78 is 34.3. The number of aryl methyl sites for hydroxylation is 1. The van der Waals surface area contributed by atoms with E-state index in [0.717, 1.165) is 41.1 Å². The van der Waals surface area contributed by atoms with Gasteiger partial charge in [0.05, 0.1) is 17.7 Å². The molecule has 1 saturated carbocycles. The molecule has 0 bridgehead atoms. The molecule has 4 rings (SSSR count). The Hall–Kier alpha value is -3.56. The Labute approximate surface area is 253 Å². The topological polar surface area (TPSA) is 96.0 Å². The highest BCUT2D eigenvalue weighted by atomic mass is 35.5. The van der Waals surface area contributed by atoms with Gasteiger partial charge < -0.3 is 15.0 Å². The molecule has 0 aliphatic heterocycles. The Balaban J connectivity index is 1.70. The maximum Gasteiger partial charge on any atom is 0.264 e. The molecule has 0 radical (unpaired) electrons. The molecule has 0 aromatic heterocycles. The molecule has 1 fully saturated rings. The molecular formula is C32H38ClN3O5S. The monoisotopic (exact) mass is 611 g/mol. The number of amides is 2. The second-order valence-electron chi connectivity index (χ2n) is 10.6. The summed E-state index contributed by atoms with van der Waals surface area (Å²) in [7, 11) is -2.66. The number of halogens is 1. The zero-order valence-electron chi connectivity index (χ0n) is 24.3. The van der Waals surface area contributed by atoms with Crippen LogP contribution in [0.4, 0.5) is 5.69 Å². The first-order chi connectivity index (χ1) is 20.1. The first kappa shape index (κ1) is 31.4. The van der Waals surface area contributed by atoms with Crippen molar-refractivity contribution < 1.29 is 22.7 Å². The summed E-state index contributed by atoms with van der Waals surface area (Å²) in [6, 6.07) is 19.3. The number of carbonyl (C=O) groups excluding carboxylic acids is 2. The minimum atomic E-state index is -4.16. The van der Waals surface area contributed by atoms with Crippen molar-refractivity contribution in [2.24, 2.45) is 0 Å². The van der Waals surface area contributed by atoms with Gasteiger partial charge in [0, 0.05) is 17.6 Å². The van der Waals surface area contributed by atoms with Gasteiger partial charge in [0.2, 0.25) is 11.8 Å². The summed E-state index contributed by atoms with van der Waals surface area (Å²) >= 11 is 6.10. The molecule has 1 N–H and O–H groups in total. The van der Waals surface area contributed by atoms with Gasteiger partial charge in [-0.2, -0.15) is 0 Å². The zero-order valence-corrected chi connectivity index (χ0v) is 25.8. The Morgan fingerprint density at radius 2 is 1.60 bits per heavy atom. The summed E-state index contributed by atoms with van der Waals surface area (Å²) in [4.78, 5) is 29.2. The largest absolute Gasteiger partial charge is 0.497 e. The van der Waals surface area contributed by atoms with E-state index in [1.165, 1.54) is 24.1 Å². The van der Waals surface area contributed by atoms with Crippen molar-refractivity contribution in [3.05, 3.63) is 88.9 Å². The average molecular weight is 612 g/mol. The van der Waals surface area contributed by atoms with Crippen molar-refractivity contribution in [1.29, 1.82) is 0 Å². The van der Waals surface area contributed by atoms with Gasteiger partial charge in [-0.05, 0) is 80.3 Å². The number of carbonyl (C=O) groups is 2. The fourth-order valence-corrected chi connectivity index (χ4v) is 6.73. The third kappa shape index (κ3) is 7.63. The highest BCUT2D eigenvalue weighted by Gasteiger charge is 2.34. The SMILES string of the molecule is CC[C@H](C(=O)NC1CCCC1)N(Cc1ccc(Cl)cc1)C(=O)CN(c1ccc(C)cc1)S(=O)(=O)c1ccc(OC)cc1. The molecule has 0 saturated heterocycles. The van der Waals surface area contributed by atoms with Gasteiger partial charge in [-0.15, -0.1) is 0 Å². The summed E-state index contributed by atoms with van der Waals surface area (Å²) in [6.45, 7) is 3.39. The Kier molecular flexibility index (Phi) is 10.5. The van der Waals surface area contributed by atoms with Crippen molar-refractivity contribution in [2.75, 3.05) is 18.0 Å². The first-order valence-corrected chi connectivity index (χ1v) is 16.0. The van der Waals surface area contributed by atoms with Crippen LogP contribution in [0.3, 0.4) is 0 Å². The number of sulfonamides is 1. The van der Waals surface area contributed by atoms with Crippen LogP contribution in [0.15, 0.2) is 77.7 Å². The van der Waals surface area contributed by atoms with E-state index in [1.54, 1.807) is 60.7 Å². The van der Waals surface area contributed by atoms with Crippen molar-refractivity contribution in [3.8, 4) is 5.75 Å². The minimum absolute atomic E-state index is 0.0203. The maximum atomic E-state index is 14.2. The molecule has 0 unspecified atom stereocenters. The molecule has 3 aromatic rings. The number of nitrogens with zero attached hydrogens (tertiary/aromatic N) is 2. The number of ether oxygens (including phenoxy) is 1. The van der Waals surface area contributed by atoms with Gasteiger partial charge in [0.1, 0.15) is 18.3 Å². The van der Waals surface area contributed by atoms with Crippen LogP contribution in [-0.2, 0) is 26.2 Å². The van der Waals surface area contributed by atoms with E-state index in [4.69, 9.17) is 16.3 Å². The predicted octanol–water partition coefficient (Wildman–Crippen LogP) is 5.72. The molecule has 1 aliphatic carbocycles. The van der Waals surface area contributed by atoms with Crippen LogP contribution in [-0.4, -0.2) is 50.9 Å². The zero-order chi connectivity index (χ0) is 30.3. The molecule has 1 aliphatic rings. The van der Waals surface area contributed by atoms with Crippen molar-refractivity contribution in [1.82, 2.24) is 10.2 Å². The lowest BCUT2D eigenvalue weighted by atomic mass is 10.1. The number of hydrogen-bond acceptors (Lipinski definition) is 5. The Bertz CT molecular complexity index is 1460. The Morgan fingerprint density at radius 3 is 2.17 bits per heavy atom. The van der Waals surface area contributed by atoms with Crippen LogP contribution in [0, 0.1) is 6.92 Å². The summed E-state index contributed by atoms with van der Waals surface area (Å²) in [5.74, 6) is -0.206. The standard InChI is InChI=1S/C32H38ClN3O5S/c1-4-30(32(38)34-26-7-5-6-8-26)35(21-24-11-13-25(33)14-12-24)31(37)22-36(27-15-9-23(2)10-16-27)42(39,40)29-19-17-28(41-3)18-20-29/h9-20,26,30H,4-8,21-22H2,1-3H3,(H,34,38)/t30-/m1/s1. The molecule has 8 nitrogen and oxygen atoms in total. The van der Waals surface area contributed by atoms with E-state index in [9.17, 15) is 18.0 Å². The fourth-order valence-electron chi connectivity index (χ4n) is 5.19. The normalized spacial score (nSPS) is 14.3. The van der Waals surface area contributed by atoms with Crippen LogP contribution in [0.2, 0.25) is 5.02 Å². The molecule has 0 heterocycles. The quantitative estimate of drug-likeness (QED) is 0.283. The highest BCUT2D eigenvalue weighted by molar-refractivity contribution is 7.92. The van der Waals surface area contributed by atoms with Gasteiger partial charge in [-0.3, -0.25) is 13.9 Å². The van der Waals surface area contributed by atoms with E-state index in [-0.39, 0.29) is 23.4 Å². The van der Waals surface area contributed by atoms with Gasteiger partial charge in [0.25, 0.3) is 10.0 Å². The fraction of sp³-hybridized carbons (Fsp3) is 0.375. The smallest absolute Gasteiger partial charge is 0.264 e. The predicted molar refractivity (Wildman–Crippen MR) is 165 cm³/mol. The number of nitrogens with one attached hydrogen (secondary N) is 1. The van der Waals surface area contributed by atoms with E-state index >= 15 is 0 Å². The van der Waals surface area contributed by atoms with E-state index < -0.39 is 28.5 Å². The summed E-state index contributed by atoms with van der Waals surface area (Å²) in [6.07, 6.45) is 4.31. The van der Waals surface area contributed by atoms with Gasteiger partial charge in [-0.1, -0.05) is 61.2 Å². The average Bonchev–Trinajstić information content (AvgIpc) is 3.50. The Morgan fingerprint density at radius 1 is 0.976 bits per heavy atom. The van der Waals surface area contributed by atoms with Crippen molar-refractivity contribution in [3.63, 3.8) is 0 Å². The lowest BCUT2D eigenvalue weighted by Gasteiger charge is -2.33. The highest BCUT2D eigenvalue weighted by Crippen LogP contribution is 2.27. The van der Waals surface area contributed by atoms with Crippen molar-refractivity contribution >= 4 is 39.1 Å². The number of methoxy groups -OCH3 is 1. The molecule has 1 atom stereocenters. The maximum absolute atomic E-state index is 14.2. The second kappa shape index (κ2) is 14.1. The number of benzene rings is 3. The molecular weight excluding hydrogens is 574 g/mol. The lowest BCUT2D eigenvalue weighted by molar-refractivity contribution is -0.140. The third-order valence-corrected chi connectivity index (χ3v) is 9.64. The van der Waals surface area contributed by atoms with Crippen molar-refractivity contribution in [2.45, 2.75) is 69.5 Å². The van der Waals surface area contributed by atoms with Gasteiger partial charge in [-0.25, -0.2) is 8.42 Å². The van der Waals surface area contributed by atoms with Gasteiger partial charge >= 0.3 is 0 Å². The molecule has 2 amide bonds. The van der Waals surface area contributed by atoms with E-state index in [1.807, 2.05) is 13.8 Å². The molecule has 224 valence electrons. The lowest BCUT2D eigenvalue weighted by Crippen LogP contribution is -2.53. The van der Waals surface area contributed by atoms with E-state index in [2.05, 4.69) is 5.32 Å². The number of rotatable bonds is 12. The van der Waals surface area contributed by atoms with Crippen LogP contribution in [0.25, 0.3) is 0 Å². The second-order valence-corrected chi connectivity index (χ2v) is 12.9. The number of hydrogen-bond donors (Lipinski definition) is 1. The number of anilines is 1. The summed E-state index contributed by atoms with van der Waals surface area (Å²) in [5, 5.41) is 3.68.